The summed E-state index contributed by atoms with van der Waals surface area (Å²) in [4.78, 5) is 35.7. The standard InChI is InChI=1S/C34H30N4O12S2/c1-23-32(35-34(50-23)25-5-3-2-4-6-25)19-20-49-29-13-7-24(8-18-33(39)40)26(21-29)22-36(51(45,46)30-14-9-27(10-15-30)37(41)42)52(47,48)31-16-11-28(12-17-31)38(43)44/h2-7,9-17,21H,8,18-20,22H2,1H3,(H,39,40). The van der Waals surface area contributed by atoms with Crippen LogP contribution in [-0.2, 0) is 44.2 Å². The number of ether oxygens (including phenoxy) is 1. The Morgan fingerprint density at radius 1 is 0.808 bits per heavy atom. The molecule has 0 radical (unpaired) electrons. The van der Waals surface area contributed by atoms with E-state index in [0.29, 0.717) is 29.3 Å². The van der Waals surface area contributed by atoms with Gasteiger partial charge >= 0.3 is 5.97 Å². The number of nitro benzene ring substituents is 2. The summed E-state index contributed by atoms with van der Waals surface area (Å²) in [6.45, 7) is 0.991. The predicted molar refractivity (Wildman–Crippen MR) is 184 cm³/mol. The molecule has 0 amide bonds. The van der Waals surface area contributed by atoms with E-state index in [-0.39, 0.29) is 34.5 Å². The monoisotopic (exact) mass is 750 g/mol. The first-order valence-corrected chi connectivity index (χ1v) is 18.3. The van der Waals surface area contributed by atoms with Gasteiger partial charge in [0.2, 0.25) is 5.89 Å². The maximum absolute atomic E-state index is 14.1. The molecule has 5 rings (SSSR count). The predicted octanol–water partition coefficient (Wildman–Crippen LogP) is 5.68. The molecule has 5 aromatic rings. The fraction of sp³-hybridized carbons (Fsp3) is 0.176. The van der Waals surface area contributed by atoms with Crippen molar-refractivity contribution < 1.29 is 45.7 Å². The lowest BCUT2D eigenvalue weighted by atomic mass is 10.0. The second-order valence-electron chi connectivity index (χ2n) is 11.3. The highest BCUT2D eigenvalue weighted by Gasteiger charge is 2.38. The number of sulfonamides is 2. The van der Waals surface area contributed by atoms with Gasteiger partial charge in [0, 0.05) is 42.7 Å². The number of aryl methyl sites for hydroxylation is 2. The van der Waals surface area contributed by atoms with E-state index in [2.05, 4.69) is 4.98 Å². The largest absolute Gasteiger partial charge is 0.493 e. The number of carboxylic acids is 1. The van der Waals surface area contributed by atoms with Gasteiger partial charge in [-0.25, -0.2) is 21.8 Å². The molecule has 1 heterocycles. The SMILES string of the molecule is Cc1oc(-c2ccccc2)nc1CCOc1ccc(CCC(=O)O)c(CN(S(=O)(=O)c2ccc([N+](=O)[O-])cc2)S(=O)(=O)c2ccc([N+](=O)[O-])cc2)c1. The van der Waals surface area contributed by atoms with E-state index < -0.39 is 63.6 Å². The van der Waals surface area contributed by atoms with Crippen LogP contribution in [0.1, 0.15) is 29.0 Å². The molecule has 0 saturated heterocycles. The number of hydrogen-bond donors (Lipinski definition) is 1. The summed E-state index contributed by atoms with van der Waals surface area (Å²) in [7, 11) is -10.0. The first-order chi connectivity index (χ1) is 24.7. The summed E-state index contributed by atoms with van der Waals surface area (Å²) in [5.74, 6) is 0.0642. The average Bonchev–Trinajstić information content (AvgIpc) is 3.50. The van der Waals surface area contributed by atoms with Crippen molar-refractivity contribution in [3.8, 4) is 17.2 Å². The number of hydrogen-bond acceptors (Lipinski definition) is 12. The highest BCUT2D eigenvalue weighted by molar-refractivity contribution is 8.04. The number of carboxylic acid groups (broad SMARTS) is 1. The lowest BCUT2D eigenvalue weighted by molar-refractivity contribution is -0.385. The van der Waals surface area contributed by atoms with Gasteiger partial charge in [-0.15, -0.1) is 0 Å². The number of benzene rings is 4. The summed E-state index contributed by atoms with van der Waals surface area (Å²) in [6.07, 6.45) is -0.158. The smallest absolute Gasteiger partial charge is 0.303 e. The zero-order valence-corrected chi connectivity index (χ0v) is 28.9. The number of aliphatic carboxylic acids is 1. The van der Waals surface area contributed by atoms with Crippen LogP contribution in [0.2, 0.25) is 0 Å². The van der Waals surface area contributed by atoms with E-state index in [9.17, 15) is 47.0 Å². The molecule has 1 N–H and O–H groups in total. The molecule has 0 aliphatic rings. The summed E-state index contributed by atoms with van der Waals surface area (Å²) in [6, 6.07) is 20.8. The number of rotatable bonds is 16. The molecule has 0 spiro atoms. The van der Waals surface area contributed by atoms with Gasteiger partial charge in [0.05, 0.1) is 38.5 Å². The Morgan fingerprint density at radius 2 is 1.37 bits per heavy atom. The second kappa shape index (κ2) is 15.5. The minimum atomic E-state index is -5.00. The van der Waals surface area contributed by atoms with Gasteiger partial charge in [-0.05, 0) is 73.0 Å². The maximum Gasteiger partial charge on any atom is 0.303 e. The lowest BCUT2D eigenvalue weighted by Crippen LogP contribution is -2.36. The van der Waals surface area contributed by atoms with Crippen molar-refractivity contribution in [1.82, 2.24) is 8.69 Å². The average molecular weight is 751 g/mol. The van der Waals surface area contributed by atoms with Crippen LogP contribution in [0.3, 0.4) is 0 Å². The molecule has 4 aromatic carbocycles. The molecular weight excluding hydrogens is 721 g/mol. The maximum atomic E-state index is 14.1. The number of nitro groups is 2. The van der Waals surface area contributed by atoms with Crippen LogP contribution >= 0.6 is 0 Å². The van der Waals surface area contributed by atoms with Crippen molar-refractivity contribution in [3.05, 3.63) is 140 Å². The molecule has 0 fully saturated rings. The summed E-state index contributed by atoms with van der Waals surface area (Å²) < 4.78 is 68.2. The number of aromatic nitrogens is 1. The van der Waals surface area contributed by atoms with Gasteiger partial charge in [-0.2, -0.15) is 0 Å². The number of non-ortho nitro benzene ring substituents is 2. The lowest BCUT2D eigenvalue weighted by Gasteiger charge is -2.24. The molecule has 270 valence electrons. The Morgan fingerprint density at radius 3 is 1.88 bits per heavy atom. The van der Waals surface area contributed by atoms with Crippen LogP contribution < -0.4 is 4.74 Å². The van der Waals surface area contributed by atoms with Crippen LogP contribution in [-0.4, -0.2) is 53.1 Å². The third-order valence-electron chi connectivity index (χ3n) is 7.83. The fourth-order valence-electron chi connectivity index (χ4n) is 5.11. The van der Waals surface area contributed by atoms with E-state index in [4.69, 9.17) is 9.15 Å². The van der Waals surface area contributed by atoms with E-state index in [0.717, 1.165) is 54.1 Å². The van der Waals surface area contributed by atoms with E-state index in [1.807, 2.05) is 30.3 Å². The van der Waals surface area contributed by atoms with E-state index >= 15 is 0 Å². The molecule has 1 aromatic heterocycles. The molecule has 0 bridgehead atoms. The quantitative estimate of drug-likeness (QED) is 0.0945. The molecule has 16 nitrogen and oxygen atoms in total. The Kier molecular flexibility index (Phi) is 11.1. The molecular formula is C34H30N4O12S2. The summed E-state index contributed by atoms with van der Waals surface area (Å²) in [5.41, 5.74) is 0.919. The molecule has 0 aliphatic carbocycles. The molecule has 52 heavy (non-hydrogen) atoms. The normalized spacial score (nSPS) is 11.7. The zero-order valence-electron chi connectivity index (χ0n) is 27.3. The van der Waals surface area contributed by atoms with Crippen LogP contribution in [0.4, 0.5) is 11.4 Å². The van der Waals surface area contributed by atoms with Gasteiger partial charge in [0.15, 0.2) is 0 Å². The van der Waals surface area contributed by atoms with Crippen molar-refractivity contribution in [2.45, 2.75) is 42.5 Å². The van der Waals surface area contributed by atoms with Gasteiger partial charge in [-0.3, -0.25) is 25.0 Å². The minimum absolute atomic E-state index is 0.0821. The van der Waals surface area contributed by atoms with Gasteiger partial charge in [0.1, 0.15) is 11.5 Å². The first kappa shape index (κ1) is 37.3. The second-order valence-corrected chi connectivity index (χ2v) is 15.2. The first-order valence-electron chi connectivity index (χ1n) is 15.4. The summed E-state index contributed by atoms with van der Waals surface area (Å²) >= 11 is 0. The topological polar surface area (TPSA) is 230 Å². The van der Waals surface area contributed by atoms with Crippen molar-refractivity contribution in [3.63, 3.8) is 0 Å². The Labute approximate surface area is 297 Å². The van der Waals surface area contributed by atoms with Crippen LogP contribution in [0.15, 0.2) is 111 Å². The molecule has 0 unspecified atom stereocenters. The van der Waals surface area contributed by atoms with Crippen LogP contribution in [0.5, 0.6) is 5.75 Å². The highest BCUT2D eigenvalue weighted by atomic mass is 32.3. The Bertz CT molecular complexity index is 2240. The number of oxazole rings is 1. The Hall–Kier alpha value is -5.98. The third-order valence-corrected chi connectivity index (χ3v) is 12.1. The van der Waals surface area contributed by atoms with E-state index in [1.54, 1.807) is 6.92 Å². The Balaban J connectivity index is 1.50. The van der Waals surface area contributed by atoms with Gasteiger partial charge in [0.25, 0.3) is 31.4 Å². The van der Waals surface area contributed by atoms with Gasteiger partial charge < -0.3 is 14.3 Å². The summed E-state index contributed by atoms with van der Waals surface area (Å²) in [5, 5.41) is 31.8. The minimum Gasteiger partial charge on any atom is -0.493 e. The van der Waals surface area contributed by atoms with Crippen molar-refractivity contribution in [2.75, 3.05) is 6.61 Å². The van der Waals surface area contributed by atoms with E-state index in [1.165, 1.54) is 18.2 Å². The van der Waals surface area contributed by atoms with Crippen molar-refractivity contribution in [2.24, 2.45) is 0 Å². The third kappa shape index (κ3) is 8.48. The number of carbonyl (C=O) groups is 1. The highest BCUT2D eigenvalue weighted by Crippen LogP contribution is 2.31. The van der Waals surface area contributed by atoms with Gasteiger partial charge in [-0.1, -0.05) is 28.0 Å². The molecule has 0 saturated carbocycles. The number of nitrogens with zero attached hydrogens (tertiary/aromatic N) is 4. The van der Waals surface area contributed by atoms with Crippen molar-refractivity contribution >= 4 is 37.4 Å². The molecule has 18 heteroatoms. The zero-order chi connectivity index (χ0) is 37.6. The van der Waals surface area contributed by atoms with Crippen LogP contribution in [0.25, 0.3) is 11.5 Å². The van der Waals surface area contributed by atoms with Crippen molar-refractivity contribution in [1.29, 1.82) is 0 Å². The molecule has 0 aliphatic heterocycles. The van der Waals surface area contributed by atoms with Crippen LogP contribution in [0, 0.1) is 27.2 Å². The fourth-order valence-corrected chi connectivity index (χ4v) is 8.71. The molecule has 0 atom stereocenters.